The van der Waals surface area contributed by atoms with Crippen molar-refractivity contribution in [2.24, 2.45) is 11.1 Å². The number of alkyl halides is 3. The van der Waals surface area contributed by atoms with Gasteiger partial charge in [0.15, 0.2) is 0 Å². The quantitative estimate of drug-likeness (QED) is 0.823. The molecule has 2 N–H and O–H groups in total. The number of rotatable bonds is 3. The first-order chi connectivity index (χ1) is 12.1. The van der Waals surface area contributed by atoms with Gasteiger partial charge in [0.25, 0.3) is 0 Å². The number of hydrogen-bond donors (Lipinski definition) is 1. The van der Waals surface area contributed by atoms with Crippen LogP contribution in [0.15, 0.2) is 59.6 Å². The van der Waals surface area contributed by atoms with Crippen LogP contribution in [0.3, 0.4) is 0 Å². The van der Waals surface area contributed by atoms with Gasteiger partial charge in [-0.25, -0.2) is 17.9 Å². The van der Waals surface area contributed by atoms with E-state index in [0.717, 1.165) is 24.4 Å². The molecule has 2 aromatic rings. The molecule has 3 rings (SSSR count). The third kappa shape index (κ3) is 3.68. The summed E-state index contributed by atoms with van der Waals surface area (Å²) in [4.78, 5) is 3.69. The number of halogens is 4. The molecule has 0 spiro atoms. The third-order valence-corrected chi connectivity index (χ3v) is 4.79. The summed E-state index contributed by atoms with van der Waals surface area (Å²) in [7, 11) is -3.92. The van der Waals surface area contributed by atoms with Crippen molar-refractivity contribution >= 4 is 21.2 Å². The summed E-state index contributed by atoms with van der Waals surface area (Å²) >= 11 is 0. The predicted molar refractivity (Wildman–Crippen MR) is 87.5 cm³/mol. The van der Waals surface area contributed by atoms with E-state index in [9.17, 15) is 26.0 Å². The van der Waals surface area contributed by atoms with Crippen LogP contribution in [-0.2, 0) is 10.0 Å². The third-order valence-electron chi connectivity index (χ3n) is 3.86. The maximum atomic E-state index is 13.2. The second-order valence-electron chi connectivity index (χ2n) is 5.66. The van der Waals surface area contributed by atoms with Crippen molar-refractivity contribution in [2.75, 3.05) is 0 Å². The highest BCUT2D eigenvalue weighted by molar-refractivity contribution is 7.89. The molecule has 0 saturated carbocycles. The maximum absolute atomic E-state index is 13.2. The fraction of sp³-hybridized carbons (Fsp3) is 0.118. The molecular weight excluding hydrogens is 372 g/mol. The number of nitrogens with two attached hydrogens (primary N) is 1. The van der Waals surface area contributed by atoms with Crippen molar-refractivity contribution < 1.29 is 26.0 Å². The van der Waals surface area contributed by atoms with Crippen molar-refractivity contribution in [3.63, 3.8) is 0 Å². The van der Waals surface area contributed by atoms with Crippen molar-refractivity contribution in [2.45, 2.75) is 11.1 Å². The Morgan fingerprint density at radius 1 is 0.962 bits per heavy atom. The van der Waals surface area contributed by atoms with Crippen LogP contribution in [0.25, 0.3) is 11.1 Å². The Balaban J connectivity index is 2.07. The number of hydrogen-bond acceptors (Lipinski definition) is 3. The molecule has 0 amide bonds. The van der Waals surface area contributed by atoms with Crippen LogP contribution in [0.5, 0.6) is 0 Å². The standard InChI is InChI=1S/C17H12F4N2O2S/c18-12-3-6-16(23-9-12)15-8-11(17(19,20)21)7-14(15)10-1-4-13(5-2-10)26(22,24)25/h1-9,11H,(H2,22,24,25). The number of aromatic nitrogens is 1. The van der Waals surface area contributed by atoms with Gasteiger partial charge < -0.3 is 0 Å². The summed E-state index contributed by atoms with van der Waals surface area (Å²) in [5.41, 5.74) is 0.963. The molecule has 0 radical (unpaired) electrons. The number of pyridine rings is 1. The Hall–Kier alpha value is -2.52. The molecule has 1 aliphatic carbocycles. The average molecular weight is 384 g/mol. The van der Waals surface area contributed by atoms with E-state index in [-0.39, 0.29) is 21.7 Å². The Kier molecular flexibility index (Phi) is 4.45. The Labute approximate surface area is 146 Å². The molecule has 9 heteroatoms. The molecule has 26 heavy (non-hydrogen) atoms. The van der Waals surface area contributed by atoms with Crippen molar-refractivity contribution in [3.05, 3.63) is 71.8 Å². The Morgan fingerprint density at radius 3 is 2.08 bits per heavy atom. The lowest BCUT2D eigenvalue weighted by Crippen LogP contribution is -2.17. The molecular formula is C17H12F4N2O2S. The molecule has 1 atom stereocenters. The predicted octanol–water partition coefficient (Wildman–Crippen LogP) is 3.53. The zero-order chi connectivity index (χ0) is 19.1. The van der Waals surface area contributed by atoms with Gasteiger partial charge in [-0.1, -0.05) is 24.3 Å². The summed E-state index contributed by atoms with van der Waals surface area (Å²) in [5, 5.41) is 5.02. The first-order valence-corrected chi connectivity index (χ1v) is 8.86. The second-order valence-corrected chi connectivity index (χ2v) is 7.22. The van der Waals surface area contributed by atoms with Gasteiger partial charge in [-0.2, -0.15) is 13.2 Å². The molecule has 0 aliphatic heterocycles. The fourth-order valence-electron chi connectivity index (χ4n) is 2.61. The normalized spacial score (nSPS) is 17.8. The topological polar surface area (TPSA) is 73.1 Å². The number of primary sulfonamides is 1. The van der Waals surface area contributed by atoms with E-state index in [0.29, 0.717) is 5.56 Å². The molecule has 0 fully saturated rings. The summed E-state index contributed by atoms with van der Waals surface area (Å²) < 4.78 is 75.2. The van der Waals surface area contributed by atoms with Crippen molar-refractivity contribution in [1.29, 1.82) is 0 Å². The first kappa shape index (κ1) is 18.3. The molecule has 0 saturated heterocycles. The summed E-state index contributed by atoms with van der Waals surface area (Å²) in [6, 6.07) is 7.53. The van der Waals surface area contributed by atoms with Gasteiger partial charge in [-0.05, 0) is 35.4 Å². The largest absolute Gasteiger partial charge is 0.398 e. The van der Waals surface area contributed by atoms with Gasteiger partial charge in [-0.3, -0.25) is 4.98 Å². The highest BCUT2D eigenvalue weighted by Crippen LogP contribution is 2.43. The van der Waals surface area contributed by atoms with Gasteiger partial charge in [0.2, 0.25) is 10.0 Å². The molecule has 1 aromatic heterocycles. The van der Waals surface area contributed by atoms with Gasteiger partial charge in [-0.15, -0.1) is 0 Å². The Morgan fingerprint density at radius 2 is 1.58 bits per heavy atom. The minimum atomic E-state index is -4.49. The van der Waals surface area contributed by atoms with Crippen LogP contribution in [0.1, 0.15) is 11.3 Å². The summed E-state index contributed by atoms with van der Waals surface area (Å²) in [5.74, 6) is -2.43. The van der Waals surface area contributed by atoms with E-state index >= 15 is 0 Å². The fourth-order valence-corrected chi connectivity index (χ4v) is 3.13. The van der Waals surface area contributed by atoms with Crippen molar-refractivity contribution in [3.8, 4) is 0 Å². The average Bonchev–Trinajstić information content (AvgIpc) is 3.00. The number of nitrogens with zero attached hydrogens (tertiary/aromatic N) is 1. The zero-order valence-electron chi connectivity index (χ0n) is 13.0. The number of allylic oxidation sites excluding steroid dienone is 4. The SMILES string of the molecule is NS(=O)(=O)c1ccc(C2=CC(C(F)(F)F)C=C2c2ccc(F)cn2)cc1. The van der Waals surface area contributed by atoms with E-state index in [2.05, 4.69) is 4.98 Å². The van der Waals surface area contributed by atoms with Crippen molar-refractivity contribution in [1.82, 2.24) is 4.98 Å². The number of benzene rings is 1. The van der Waals surface area contributed by atoms with E-state index in [4.69, 9.17) is 5.14 Å². The highest BCUT2D eigenvalue weighted by atomic mass is 32.2. The molecule has 1 unspecified atom stereocenters. The second kappa shape index (κ2) is 6.33. The number of sulfonamides is 1. The first-order valence-electron chi connectivity index (χ1n) is 7.31. The van der Waals surface area contributed by atoms with Crippen LogP contribution in [0.2, 0.25) is 0 Å². The van der Waals surface area contributed by atoms with E-state index < -0.39 is 27.9 Å². The monoisotopic (exact) mass is 384 g/mol. The lowest BCUT2D eigenvalue weighted by Gasteiger charge is -2.09. The van der Waals surface area contributed by atoms with Crippen LogP contribution in [0.4, 0.5) is 17.6 Å². The zero-order valence-corrected chi connectivity index (χ0v) is 13.9. The van der Waals surface area contributed by atoms with Gasteiger partial charge >= 0.3 is 6.18 Å². The lowest BCUT2D eigenvalue weighted by atomic mass is 9.98. The van der Waals surface area contributed by atoms with E-state index in [1.807, 2.05) is 0 Å². The Bertz CT molecular complexity index is 993. The molecule has 1 heterocycles. The summed E-state index contributed by atoms with van der Waals surface area (Å²) in [6.07, 6.45) is -1.55. The van der Waals surface area contributed by atoms with Crippen LogP contribution < -0.4 is 5.14 Å². The van der Waals surface area contributed by atoms with E-state index in [1.165, 1.54) is 30.3 Å². The lowest BCUT2D eigenvalue weighted by molar-refractivity contribution is -0.148. The molecule has 1 aromatic carbocycles. The smallest absolute Gasteiger partial charge is 0.253 e. The van der Waals surface area contributed by atoms with Crippen LogP contribution in [-0.4, -0.2) is 19.6 Å². The molecule has 1 aliphatic rings. The van der Waals surface area contributed by atoms with E-state index in [1.54, 1.807) is 0 Å². The molecule has 4 nitrogen and oxygen atoms in total. The minimum Gasteiger partial charge on any atom is -0.253 e. The highest BCUT2D eigenvalue weighted by Gasteiger charge is 2.40. The van der Waals surface area contributed by atoms with Gasteiger partial charge in [0, 0.05) is 5.57 Å². The van der Waals surface area contributed by atoms with Gasteiger partial charge in [0.05, 0.1) is 22.7 Å². The maximum Gasteiger partial charge on any atom is 0.398 e. The van der Waals surface area contributed by atoms with Crippen LogP contribution in [0, 0.1) is 11.7 Å². The molecule has 0 bridgehead atoms. The molecule has 136 valence electrons. The van der Waals surface area contributed by atoms with Crippen LogP contribution >= 0.6 is 0 Å². The van der Waals surface area contributed by atoms with Gasteiger partial charge in [0.1, 0.15) is 5.82 Å². The minimum absolute atomic E-state index is 0.155. The summed E-state index contributed by atoms with van der Waals surface area (Å²) in [6.45, 7) is 0.